The van der Waals surface area contributed by atoms with Crippen molar-refractivity contribution < 1.29 is 0 Å². The van der Waals surface area contributed by atoms with Crippen LogP contribution in [0.3, 0.4) is 0 Å². The maximum absolute atomic E-state index is 12.0. The van der Waals surface area contributed by atoms with Crippen molar-refractivity contribution in [3.8, 4) is 0 Å². The zero-order valence-electron chi connectivity index (χ0n) is 11.5. The number of aryl methyl sites for hydroxylation is 1. The first-order valence-electron chi connectivity index (χ1n) is 6.79. The van der Waals surface area contributed by atoms with E-state index in [1.165, 1.54) is 25.7 Å². The number of hydrogen-bond donors (Lipinski definition) is 1. The summed E-state index contributed by atoms with van der Waals surface area (Å²) < 4.78 is 0. The summed E-state index contributed by atoms with van der Waals surface area (Å²) in [4.78, 5) is 19.5. The Labute approximate surface area is 113 Å². The van der Waals surface area contributed by atoms with Gasteiger partial charge in [-0.2, -0.15) is 11.8 Å². The second-order valence-electron chi connectivity index (χ2n) is 5.38. The normalized spacial score (nSPS) is 16.7. The van der Waals surface area contributed by atoms with E-state index in [0.29, 0.717) is 0 Å². The van der Waals surface area contributed by atoms with Crippen molar-refractivity contribution >= 4 is 11.8 Å². The van der Waals surface area contributed by atoms with Crippen molar-refractivity contribution in [3.05, 3.63) is 27.4 Å². The highest BCUT2D eigenvalue weighted by Gasteiger charge is 2.16. The zero-order chi connectivity index (χ0) is 13.1. The molecule has 0 aromatic carbocycles. The summed E-state index contributed by atoms with van der Waals surface area (Å²) in [6.07, 6.45) is 5.34. The molecule has 0 atom stereocenters. The van der Waals surface area contributed by atoms with E-state index in [1.807, 2.05) is 32.5 Å². The fourth-order valence-electron chi connectivity index (χ4n) is 2.65. The third kappa shape index (κ3) is 3.16. The average molecular weight is 266 g/mol. The molecule has 2 rings (SSSR count). The molecule has 0 spiro atoms. The van der Waals surface area contributed by atoms with E-state index in [2.05, 4.69) is 9.97 Å². The molecule has 0 amide bonds. The molecule has 0 unspecified atom stereocenters. The Morgan fingerprint density at radius 2 is 2.06 bits per heavy atom. The molecule has 1 heterocycles. The van der Waals surface area contributed by atoms with Gasteiger partial charge in [-0.3, -0.25) is 4.79 Å². The number of nitrogens with one attached hydrogen (secondary N) is 1. The van der Waals surface area contributed by atoms with Crippen LogP contribution in [0, 0.1) is 6.92 Å². The minimum atomic E-state index is 0.0412. The fourth-order valence-corrected chi connectivity index (χ4v) is 3.85. The maximum atomic E-state index is 12.0. The van der Waals surface area contributed by atoms with E-state index in [-0.39, 0.29) is 11.5 Å². The Morgan fingerprint density at radius 1 is 1.39 bits per heavy atom. The first-order chi connectivity index (χ1) is 8.58. The molecule has 1 aliphatic carbocycles. The number of thioether (sulfide) groups is 1. The molecule has 1 N–H and O–H groups in total. The van der Waals surface area contributed by atoms with Crippen LogP contribution >= 0.6 is 11.8 Å². The minimum absolute atomic E-state index is 0.0412. The molecule has 0 saturated heterocycles. The van der Waals surface area contributed by atoms with Crippen molar-refractivity contribution in [2.45, 2.75) is 63.4 Å². The smallest absolute Gasteiger partial charge is 0.254 e. The number of H-pyrrole nitrogens is 1. The summed E-state index contributed by atoms with van der Waals surface area (Å²) in [6.45, 7) is 6.01. The molecule has 1 fully saturated rings. The highest BCUT2D eigenvalue weighted by atomic mass is 32.2. The lowest BCUT2D eigenvalue weighted by atomic mass is 10.0. The van der Waals surface area contributed by atoms with Crippen molar-refractivity contribution in [2.24, 2.45) is 0 Å². The SMILES string of the molecule is Cc1nc(CSC2CCCC2)[nH]c(=O)c1C(C)C. The van der Waals surface area contributed by atoms with E-state index in [0.717, 1.165) is 28.1 Å². The molecule has 4 heteroatoms. The van der Waals surface area contributed by atoms with Gasteiger partial charge in [0.25, 0.3) is 5.56 Å². The van der Waals surface area contributed by atoms with Crippen LogP contribution in [0.1, 0.15) is 62.5 Å². The summed E-state index contributed by atoms with van der Waals surface area (Å²) in [6, 6.07) is 0. The summed E-state index contributed by atoms with van der Waals surface area (Å²) >= 11 is 1.94. The molecule has 1 aromatic rings. The Kier molecular flexibility index (Phi) is 4.49. The molecule has 0 aliphatic heterocycles. The largest absolute Gasteiger partial charge is 0.310 e. The number of aromatic amines is 1. The van der Waals surface area contributed by atoms with Crippen LogP contribution < -0.4 is 5.56 Å². The van der Waals surface area contributed by atoms with Crippen molar-refractivity contribution in [3.63, 3.8) is 0 Å². The maximum Gasteiger partial charge on any atom is 0.254 e. The molecule has 3 nitrogen and oxygen atoms in total. The van der Waals surface area contributed by atoms with Gasteiger partial charge in [-0.1, -0.05) is 26.7 Å². The number of nitrogens with zero attached hydrogens (tertiary/aromatic N) is 1. The number of aromatic nitrogens is 2. The van der Waals surface area contributed by atoms with Gasteiger partial charge in [-0.05, 0) is 25.7 Å². The molecule has 1 aromatic heterocycles. The summed E-state index contributed by atoms with van der Waals surface area (Å²) in [5.74, 6) is 1.90. The highest BCUT2D eigenvalue weighted by Crippen LogP contribution is 2.30. The standard InChI is InChI=1S/C14H22N2OS/c1-9(2)13-10(3)15-12(16-14(13)17)8-18-11-6-4-5-7-11/h9,11H,4-8H2,1-3H3,(H,15,16,17). The number of hydrogen-bond acceptors (Lipinski definition) is 3. The van der Waals surface area contributed by atoms with E-state index in [4.69, 9.17) is 0 Å². The molecule has 100 valence electrons. The lowest BCUT2D eigenvalue weighted by Gasteiger charge is -2.11. The first-order valence-corrected chi connectivity index (χ1v) is 7.84. The first kappa shape index (κ1) is 13.7. The Morgan fingerprint density at radius 3 is 2.61 bits per heavy atom. The van der Waals surface area contributed by atoms with Gasteiger partial charge in [-0.25, -0.2) is 4.98 Å². The fraction of sp³-hybridized carbons (Fsp3) is 0.714. The average Bonchev–Trinajstić information content (AvgIpc) is 2.77. The van der Waals surface area contributed by atoms with Crippen LogP contribution in [0.25, 0.3) is 0 Å². The molecule has 0 radical (unpaired) electrons. The van der Waals surface area contributed by atoms with Gasteiger partial charge in [0.1, 0.15) is 5.82 Å². The van der Waals surface area contributed by atoms with E-state index in [9.17, 15) is 4.79 Å². The predicted octanol–water partition coefficient (Wildman–Crippen LogP) is 3.38. The van der Waals surface area contributed by atoms with Crippen molar-refractivity contribution in [2.75, 3.05) is 0 Å². The molecule has 1 aliphatic rings. The van der Waals surface area contributed by atoms with Crippen LogP contribution in [0.5, 0.6) is 0 Å². The lowest BCUT2D eigenvalue weighted by Crippen LogP contribution is -2.20. The van der Waals surface area contributed by atoms with Crippen LogP contribution in [-0.4, -0.2) is 15.2 Å². The topological polar surface area (TPSA) is 45.8 Å². The van der Waals surface area contributed by atoms with Gasteiger partial charge in [0.05, 0.1) is 5.75 Å². The van der Waals surface area contributed by atoms with Crippen molar-refractivity contribution in [1.82, 2.24) is 9.97 Å². The number of rotatable bonds is 4. The van der Waals surface area contributed by atoms with Gasteiger partial charge >= 0.3 is 0 Å². The molecule has 18 heavy (non-hydrogen) atoms. The summed E-state index contributed by atoms with van der Waals surface area (Å²) in [5.41, 5.74) is 1.75. The molecular formula is C14H22N2OS. The van der Waals surface area contributed by atoms with Gasteiger partial charge < -0.3 is 4.98 Å². The minimum Gasteiger partial charge on any atom is -0.310 e. The highest BCUT2D eigenvalue weighted by molar-refractivity contribution is 7.99. The molecular weight excluding hydrogens is 244 g/mol. The van der Waals surface area contributed by atoms with Crippen molar-refractivity contribution in [1.29, 1.82) is 0 Å². The zero-order valence-corrected chi connectivity index (χ0v) is 12.3. The van der Waals surface area contributed by atoms with Crippen LogP contribution in [-0.2, 0) is 5.75 Å². The Balaban J connectivity index is 2.07. The predicted molar refractivity (Wildman–Crippen MR) is 77.2 cm³/mol. The monoisotopic (exact) mass is 266 g/mol. The summed E-state index contributed by atoms with van der Waals surface area (Å²) in [7, 11) is 0. The van der Waals surface area contributed by atoms with Crippen LogP contribution in [0.2, 0.25) is 0 Å². The third-order valence-electron chi connectivity index (χ3n) is 3.53. The van der Waals surface area contributed by atoms with E-state index < -0.39 is 0 Å². The molecule has 0 bridgehead atoms. The van der Waals surface area contributed by atoms with E-state index in [1.54, 1.807) is 0 Å². The second kappa shape index (κ2) is 5.91. The summed E-state index contributed by atoms with van der Waals surface area (Å²) in [5, 5.41) is 0.764. The van der Waals surface area contributed by atoms with Gasteiger partial charge in [0, 0.05) is 16.5 Å². The van der Waals surface area contributed by atoms with Gasteiger partial charge in [0.2, 0.25) is 0 Å². The van der Waals surface area contributed by atoms with Crippen LogP contribution in [0.4, 0.5) is 0 Å². The third-order valence-corrected chi connectivity index (χ3v) is 4.91. The Hall–Kier alpha value is -0.770. The lowest BCUT2D eigenvalue weighted by molar-refractivity contribution is 0.798. The quantitative estimate of drug-likeness (QED) is 0.908. The van der Waals surface area contributed by atoms with E-state index >= 15 is 0 Å². The van der Waals surface area contributed by atoms with Gasteiger partial charge in [0.15, 0.2) is 0 Å². The van der Waals surface area contributed by atoms with Crippen LogP contribution in [0.15, 0.2) is 4.79 Å². The molecule has 1 saturated carbocycles. The Bertz CT molecular complexity index is 461. The van der Waals surface area contributed by atoms with Gasteiger partial charge in [-0.15, -0.1) is 0 Å². The second-order valence-corrected chi connectivity index (χ2v) is 6.67.